The number of benzene rings is 1. The molecule has 0 saturated carbocycles. The van der Waals surface area contributed by atoms with Crippen molar-refractivity contribution in [2.45, 2.75) is 19.4 Å². The van der Waals surface area contributed by atoms with Crippen molar-refractivity contribution in [1.29, 1.82) is 0 Å². The highest BCUT2D eigenvalue weighted by Crippen LogP contribution is 2.28. The maximum atomic E-state index is 5.93. The van der Waals surface area contributed by atoms with E-state index in [0.717, 1.165) is 6.42 Å². The summed E-state index contributed by atoms with van der Waals surface area (Å²) in [7, 11) is 0. The highest BCUT2D eigenvalue weighted by atomic mass is 35.5. The minimum absolute atomic E-state index is 0.0682. The van der Waals surface area contributed by atoms with Crippen molar-refractivity contribution in [3.05, 3.63) is 28.2 Å². The topological polar surface area (TPSA) is 35.2 Å². The van der Waals surface area contributed by atoms with Crippen LogP contribution >= 0.6 is 23.2 Å². The first-order valence-electron chi connectivity index (χ1n) is 4.45. The molecule has 1 unspecified atom stereocenters. The molecule has 0 bridgehead atoms. The summed E-state index contributed by atoms with van der Waals surface area (Å²) in [6, 6.07) is 5.17. The lowest BCUT2D eigenvalue weighted by Crippen LogP contribution is -2.16. The van der Waals surface area contributed by atoms with Gasteiger partial charge in [-0.1, -0.05) is 23.2 Å². The number of ether oxygens (including phenoxy) is 1. The van der Waals surface area contributed by atoms with Crippen LogP contribution in [0, 0.1) is 0 Å². The first-order valence-corrected chi connectivity index (χ1v) is 5.21. The molecular formula is C10H13Cl2NO. The predicted octanol–water partition coefficient (Wildman–Crippen LogP) is 3.11. The average molecular weight is 234 g/mol. The second-order valence-corrected chi connectivity index (χ2v) is 3.92. The van der Waals surface area contributed by atoms with Crippen LogP contribution in [0.1, 0.15) is 13.3 Å². The van der Waals surface area contributed by atoms with E-state index in [1.807, 2.05) is 6.92 Å². The van der Waals surface area contributed by atoms with E-state index in [0.29, 0.717) is 22.3 Å². The molecule has 0 heterocycles. The molecule has 1 aromatic carbocycles. The van der Waals surface area contributed by atoms with E-state index in [2.05, 4.69) is 0 Å². The third-order valence-electron chi connectivity index (χ3n) is 1.80. The minimum Gasteiger partial charge on any atom is -0.489 e. The molecule has 0 spiro atoms. The molecule has 1 atom stereocenters. The average Bonchev–Trinajstić information content (AvgIpc) is 2.10. The van der Waals surface area contributed by atoms with Crippen LogP contribution in [0.4, 0.5) is 0 Å². The van der Waals surface area contributed by atoms with Gasteiger partial charge >= 0.3 is 0 Å². The lowest BCUT2D eigenvalue weighted by molar-refractivity contribution is 0.214. The van der Waals surface area contributed by atoms with Crippen molar-refractivity contribution < 1.29 is 4.74 Å². The zero-order chi connectivity index (χ0) is 10.6. The smallest absolute Gasteiger partial charge is 0.138 e. The maximum absolute atomic E-state index is 5.93. The summed E-state index contributed by atoms with van der Waals surface area (Å²) < 4.78 is 5.57. The van der Waals surface area contributed by atoms with Crippen molar-refractivity contribution in [1.82, 2.24) is 0 Å². The summed E-state index contributed by atoms with van der Waals surface area (Å²) in [5, 5.41) is 1.13. The molecule has 0 amide bonds. The zero-order valence-corrected chi connectivity index (χ0v) is 9.48. The van der Waals surface area contributed by atoms with Gasteiger partial charge in [0.05, 0.1) is 11.1 Å². The fourth-order valence-corrected chi connectivity index (χ4v) is 1.53. The first-order chi connectivity index (χ1) is 6.63. The molecule has 0 aliphatic heterocycles. The molecule has 0 saturated heterocycles. The van der Waals surface area contributed by atoms with Gasteiger partial charge in [-0.05, 0) is 38.1 Å². The molecule has 1 aromatic rings. The van der Waals surface area contributed by atoms with Crippen LogP contribution in [-0.2, 0) is 0 Å². The number of rotatable bonds is 4. The third-order valence-corrected chi connectivity index (χ3v) is 2.33. The van der Waals surface area contributed by atoms with E-state index in [1.54, 1.807) is 18.2 Å². The Hall–Kier alpha value is -0.440. The van der Waals surface area contributed by atoms with Gasteiger partial charge < -0.3 is 10.5 Å². The van der Waals surface area contributed by atoms with Gasteiger partial charge in [-0.2, -0.15) is 0 Å². The van der Waals surface area contributed by atoms with Crippen molar-refractivity contribution in [2.75, 3.05) is 6.54 Å². The van der Waals surface area contributed by atoms with Gasteiger partial charge in [0.15, 0.2) is 0 Å². The molecule has 2 N–H and O–H groups in total. The summed E-state index contributed by atoms with van der Waals surface area (Å²) in [6.45, 7) is 2.56. The Balaban J connectivity index is 2.67. The van der Waals surface area contributed by atoms with Crippen LogP contribution in [0.15, 0.2) is 18.2 Å². The van der Waals surface area contributed by atoms with E-state index in [-0.39, 0.29) is 6.10 Å². The molecule has 0 aliphatic carbocycles. The number of nitrogens with two attached hydrogens (primary N) is 1. The van der Waals surface area contributed by atoms with Crippen molar-refractivity contribution in [2.24, 2.45) is 5.73 Å². The van der Waals surface area contributed by atoms with Gasteiger partial charge in [0.25, 0.3) is 0 Å². The van der Waals surface area contributed by atoms with Crippen LogP contribution < -0.4 is 10.5 Å². The largest absolute Gasteiger partial charge is 0.489 e. The summed E-state index contributed by atoms with van der Waals surface area (Å²) >= 11 is 11.7. The number of halogens is 2. The Morgan fingerprint density at radius 1 is 1.43 bits per heavy atom. The highest BCUT2D eigenvalue weighted by molar-refractivity contribution is 6.35. The second kappa shape index (κ2) is 5.44. The van der Waals surface area contributed by atoms with E-state index in [1.165, 1.54) is 0 Å². The Kier molecular flexibility index (Phi) is 4.52. The Morgan fingerprint density at radius 2 is 2.14 bits per heavy atom. The van der Waals surface area contributed by atoms with Crippen LogP contribution in [0.5, 0.6) is 5.75 Å². The monoisotopic (exact) mass is 233 g/mol. The molecule has 4 heteroatoms. The van der Waals surface area contributed by atoms with Gasteiger partial charge in [-0.25, -0.2) is 0 Å². The van der Waals surface area contributed by atoms with Crippen LogP contribution in [0.25, 0.3) is 0 Å². The molecule has 1 rings (SSSR count). The van der Waals surface area contributed by atoms with Crippen LogP contribution in [-0.4, -0.2) is 12.6 Å². The van der Waals surface area contributed by atoms with Gasteiger partial charge in [0.2, 0.25) is 0 Å². The quantitative estimate of drug-likeness (QED) is 0.868. The molecule has 0 aliphatic rings. The van der Waals surface area contributed by atoms with E-state index >= 15 is 0 Å². The molecule has 2 nitrogen and oxygen atoms in total. The first kappa shape index (κ1) is 11.6. The summed E-state index contributed by atoms with van der Waals surface area (Å²) in [4.78, 5) is 0. The van der Waals surface area contributed by atoms with Crippen LogP contribution in [0.3, 0.4) is 0 Å². The molecule has 78 valence electrons. The molecule has 0 fully saturated rings. The summed E-state index contributed by atoms with van der Waals surface area (Å²) in [6.07, 6.45) is 0.873. The fraction of sp³-hybridized carbons (Fsp3) is 0.400. The van der Waals surface area contributed by atoms with E-state index in [9.17, 15) is 0 Å². The number of hydrogen-bond acceptors (Lipinski definition) is 2. The Bertz CT molecular complexity index is 304. The van der Waals surface area contributed by atoms with E-state index < -0.39 is 0 Å². The van der Waals surface area contributed by atoms with Crippen molar-refractivity contribution in [3.63, 3.8) is 0 Å². The Labute approximate surface area is 94.0 Å². The highest BCUT2D eigenvalue weighted by Gasteiger charge is 2.06. The van der Waals surface area contributed by atoms with Crippen LogP contribution in [0.2, 0.25) is 10.0 Å². The molecule has 0 aromatic heterocycles. The normalized spacial score (nSPS) is 12.6. The SMILES string of the molecule is CC(CCN)Oc1ccc(Cl)cc1Cl. The third kappa shape index (κ3) is 3.37. The minimum atomic E-state index is 0.0682. The van der Waals surface area contributed by atoms with Crippen molar-refractivity contribution >= 4 is 23.2 Å². The number of hydrogen-bond donors (Lipinski definition) is 1. The lowest BCUT2D eigenvalue weighted by atomic mass is 10.3. The zero-order valence-electron chi connectivity index (χ0n) is 7.97. The second-order valence-electron chi connectivity index (χ2n) is 3.08. The van der Waals surface area contributed by atoms with Gasteiger partial charge in [0, 0.05) is 5.02 Å². The standard InChI is InChI=1S/C10H13Cl2NO/c1-7(4-5-13)14-10-3-2-8(11)6-9(10)12/h2-3,6-7H,4-5,13H2,1H3. The maximum Gasteiger partial charge on any atom is 0.138 e. The van der Waals surface area contributed by atoms with Gasteiger partial charge in [-0.3, -0.25) is 0 Å². The summed E-state index contributed by atoms with van der Waals surface area (Å²) in [5.41, 5.74) is 5.41. The molecule has 0 radical (unpaired) electrons. The Morgan fingerprint density at radius 3 is 2.71 bits per heavy atom. The summed E-state index contributed by atoms with van der Waals surface area (Å²) in [5.74, 6) is 0.650. The lowest BCUT2D eigenvalue weighted by Gasteiger charge is -2.14. The van der Waals surface area contributed by atoms with Crippen molar-refractivity contribution in [3.8, 4) is 5.75 Å². The van der Waals surface area contributed by atoms with Gasteiger partial charge in [-0.15, -0.1) is 0 Å². The molecule has 14 heavy (non-hydrogen) atoms. The van der Waals surface area contributed by atoms with Gasteiger partial charge in [0.1, 0.15) is 5.75 Å². The fourth-order valence-electron chi connectivity index (χ4n) is 1.08. The van der Waals surface area contributed by atoms with E-state index in [4.69, 9.17) is 33.7 Å². The predicted molar refractivity (Wildman–Crippen MR) is 60.2 cm³/mol. The molecular weight excluding hydrogens is 221 g/mol.